The average Bonchev–Trinajstić information content (AvgIpc) is 2.77. The first-order valence-electron chi connectivity index (χ1n) is 4.66. The number of amides is 1. The molecule has 1 aromatic rings. The Kier molecular flexibility index (Phi) is 2.86. The molecule has 1 aliphatic heterocycles. The zero-order valence-corrected chi connectivity index (χ0v) is 9.35. The van der Waals surface area contributed by atoms with Gasteiger partial charge in [0.15, 0.2) is 0 Å². The van der Waals surface area contributed by atoms with Crippen molar-refractivity contribution in [1.29, 1.82) is 0 Å². The van der Waals surface area contributed by atoms with Crippen LogP contribution < -0.4 is 0 Å². The molecular formula is C9H12BrN3O. The van der Waals surface area contributed by atoms with Crippen molar-refractivity contribution >= 4 is 21.8 Å². The van der Waals surface area contributed by atoms with E-state index in [0.717, 1.165) is 26.1 Å². The summed E-state index contributed by atoms with van der Waals surface area (Å²) < 4.78 is 1.98. The number of imidazole rings is 1. The van der Waals surface area contributed by atoms with Gasteiger partial charge < -0.3 is 9.47 Å². The first-order chi connectivity index (χ1) is 6.77. The third-order valence-electron chi connectivity index (χ3n) is 2.42. The molecule has 1 atom stereocenters. The molecule has 1 amide bonds. The van der Waals surface area contributed by atoms with Gasteiger partial charge in [0.25, 0.3) is 0 Å². The molecule has 2 heterocycles. The lowest BCUT2D eigenvalue weighted by Gasteiger charge is -2.15. The van der Waals surface area contributed by atoms with Gasteiger partial charge in [0.05, 0.1) is 11.2 Å². The van der Waals surface area contributed by atoms with Crippen molar-refractivity contribution < 1.29 is 4.79 Å². The summed E-state index contributed by atoms with van der Waals surface area (Å²) in [5.41, 5.74) is 0. The van der Waals surface area contributed by atoms with E-state index in [1.54, 1.807) is 12.5 Å². The smallest absolute Gasteiger partial charge is 0.236 e. The van der Waals surface area contributed by atoms with E-state index in [-0.39, 0.29) is 10.7 Å². The zero-order valence-electron chi connectivity index (χ0n) is 7.77. The predicted octanol–water partition coefficient (Wildman–Crippen LogP) is 0.879. The highest BCUT2D eigenvalue weighted by Crippen LogP contribution is 2.17. The molecule has 5 heteroatoms. The Balaban J connectivity index is 1.84. The van der Waals surface area contributed by atoms with Gasteiger partial charge in [0.2, 0.25) is 5.91 Å². The maximum absolute atomic E-state index is 11.5. The summed E-state index contributed by atoms with van der Waals surface area (Å²) >= 11 is 3.35. The van der Waals surface area contributed by atoms with Crippen LogP contribution in [-0.2, 0) is 11.3 Å². The number of carbonyl (C=O) groups excluding carboxylic acids is 1. The molecule has 1 fully saturated rings. The summed E-state index contributed by atoms with van der Waals surface area (Å²) in [5.74, 6) is 0.213. The van der Waals surface area contributed by atoms with Crippen molar-refractivity contribution in [2.45, 2.75) is 17.8 Å². The van der Waals surface area contributed by atoms with E-state index in [2.05, 4.69) is 20.9 Å². The van der Waals surface area contributed by atoms with Gasteiger partial charge in [-0.15, -0.1) is 0 Å². The molecule has 0 aliphatic carbocycles. The second-order valence-electron chi connectivity index (χ2n) is 3.38. The zero-order chi connectivity index (χ0) is 9.97. The van der Waals surface area contributed by atoms with Gasteiger partial charge in [-0.1, -0.05) is 15.9 Å². The van der Waals surface area contributed by atoms with Crippen LogP contribution in [0.5, 0.6) is 0 Å². The van der Waals surface area contributed by atoms with E-state index in [0.29, 0.717) is 0 Å². The maximum Gasteiger partial charge on any atom is 0.236 e. The monoisotopic (exact) mass is 257 g/mol. The molecule has 0 spiro atoms. The Labute approximate surface area is 91.0 Å². The minimum atomic E-state index is 0.0327. The van der Waals surface area contributed by atoms with Crippen molar-refractivity contribution in [2.24, 2.45) is 0 Å². The molecular weight excluding hydrogens is 246 g/mol. The number of alkyl halides is 1. The minimum Gasteiger partial charge on any atom is -0.340 e. The normalized spacial score (nSPS) is 21.9. The van der Waals surface area contributed by atoms with Crippen LogP contribution in [0.15, 0.2) is 18.7 Å². The van der Waals surface area contributed by atoms with Gasteiger partial charge in [0.1, 0.15) is 0 Å². The second-order valence-corrected chi connectivity index (χ2v) is 4.49. The lowest BCUT2D eigenvalue weighted by molar-refractivity contribution is -0.127. The van der Waals surface area contributed by atoms with Crippen molar-refractivity contribution in [3.63, 3.8) is 0 Å². The summed E-state index contributed by atoms with van der Waals surface area (Å²) in [4.78, 5) is 17.4. The molecule has 1 aliphatic rings. The molecule has 0 N–H and O–H groups in total. The molecule has 14 heavy (non-hydrogen) atoms. The quantitative estimate of drug-likeness (QED) is 0.755. The maximum atomic E-state index is 11.5. The number of carbonyl (C=O) groups is 1. The summed E-state index contributed by atoms with van der Waals surface area (Å²) in [5, 5.41) is 0. The third-order valence-corrected chi connectivity index (χ3v) is 3.27. The molecule has 0 aromatic carbocycles. The molecule has 76 valence electrons. The summed E-state index contributed by atoms with van der Waals surface area (Å²) in [6.07, 6.45) is 6.35. The SMILES string of the molecule is O=C1C(Br)CCN1CCn1ccnc1. The first kappa shape index (κ1) is 9.71. The first-order valence-corrected chi connectivity index (χ1v) is 5.57. The number of hydrogen-bond acceptors (Lipinski definition) is 2. The minimum absolute atomic E-state index is 0.0327. The van der Waals surface area contributed by atoms with E-state index in [1.165, 1.54) is 0 Å². The average molecular weight is 258 g/mol. The van der Waals surface area contributed by atoms with Crippen LogP contribution in [0.25, 0.3) is 0 Å². The van der Waals surface area contributed by atoms with Crippen molar-refractivity contribution in [3.8, 4) is 0 Å². The molecule has 0 saturated carbocycles. The number of nitrogens with zero attached hydrogens (tertiary/aromatic N) is 3. The lowest BCUT2D eigenvalue weighted by Crippen LogP contribution is -2.30. The van der Waals surface area contributed by atoms with Crippen LogP contribution in [0.1, 0.15) is 6.42 Å². The van der Waals surface area contributed by atoms with Crippen LogP contribution in [0.2, 0.25) is 0 Å². The Hall–Kier alpha value is -0.840. The van der Waals surface area contributed by atoms with Crippen LogP contribution in [-0.4, -0.2) is 38.3 Å². The molecule has 2 rings (SSSR count). The molecule has 1 saturated heterocycles. The Morgan fingerprint density at radius 1 is 1.57 bits per heavy atom. The number of hydrogen-bond donors (Lipinski definition) is 0. The van der Waals surface area contributed by atoms with Gasteiger partial charge in [-0.25, -0.2) is 4.98 Å². The summed E-state index contributed by atoms with van der Waals surface area (Å²) in [6, 6.07) is 0. The van der Waals surface area contributed by atoms with Gasteiger partial charge in [0, 0.05) is 32.0 Å². The Morgan fingerprint density at radius 2 is 2.43 bits per heavy atom. The third kappa shape index (κ3) is 1.97. The van der Waals surface area contributed by atoms with Crippen LogP contribution in [0.4, 0.5) is 0 Å². The molecule has 1 aromatic heterocycles. The van der Waals surface area contributed by atoms with E-state index < -0.39 is 0 Å². The molecule has 0 bridgehead atoms. The summed E-state index contributed by atoms with van der Waals surface area (Å²) in [6.45, 7) is 2.46. The highest BCUT2D eigenvalue weighted by atomic mass is 79.9. The van der Waals surface area contributed by atoms with Gasteiger partial charge >= 0.3 is 0 Å². The van der Waals surface area contributed by atoms with Crippen LogP contribution >= 0.6 is 15.9 Å². The highest BCUT2D eigenvalue weighted by molar-refractivity contribution is 9.10. The number of likely N-dealkylation sites (tertiary alicyclic amines) is 1. The van der Waals surface area contributed by atoms with Gasteiger partial charge in [-0.3, -0.25) is 4.79 Å². The summed E-state index contributed by atoms with van der Waals surface area (Å²) in [7, 11) is 0. The van der Waals surface area contributed by atoms with E-state index in [4.69, 9.17) is 0 Å². The van der Waals surface area contributed by atoms with Crippen molar-refractivity contribution in [1.82, 2.24) is 14.5 Å². The predicted molar refractivity (Wildman–Crippen MR) is 56.1 cm³/mol. The van der Waals surface area contributed by atoms with Crippen molar-refractivity contribution in [3.05, 3.63) is 18.7 Å². The Bertz CT molecular complexity index is 312. The fourth-order valence-corrected chi connectivity index (χ4v) is 2.07. The van der Waals surface area contributed by atoms with Crippen LogP contribution in [0.3, 0.4) is 0 Å². The standard InChI is InChI=1S/C9H12BrN3O/c10-8-1-3-13(9(8)14)6-5-12-4-2-11-7-12/h2,4,7-8H,1,3,5-6H2. The van der Waals surface area contributed by atoms with Gasteiger partial charge in [-0.2, -0.15) is 0 Å². The molecule has 0 radical (unpaired) electrons. The van der Waals surface area contributed by atoms with E-state index >= 15 is 0 Å². The topological polar surface area (TPSA) is 38.1 Å². The fraction of sp³-hybridized carbons (Fsp3) is 0.556. The largest absolute Gasteiger partial charge is 0.340 e. The van der Waals surface area contributed by atoms with Crippen molar-refractivity contribution in [2.75, 3.05) is 13.1 Å². The van der Waals surface area contributed by atoms with Gasteiger partial charge in [-0.05, 0) is 6.42 Å². The number of aromatic nitrogens is 2. The van der Waals surface area contributed by atoms with E-state index in [9.17, 15) is 4.79 Å². The fourth-order valence-electron chi connectivity index (χ4n) is 1.58. The molecule has 4 nitrogen and oxygen atoms in total. The highest BCUT2D eigenvalue weighted by Gasteiger charge is 2.28. The number of halogens is 1. The number of rotatable bonds is 3. The lowest BCUT2D eigenvalue weighted by atomic mass is 10.4. The second kappa shape index (κ2) is 4.13. The Morgan fingerprint density at radius 3 is 3.00 bits per heavy atom. The van der Waals surface area contributed by atoms with Crippen LogP contribution in [0, 0.1) is 0 Å². The van der Waals surface area contributed by atoms with E-state index in [1.807, 2.05) is 15.7 Å². The molecule has 1 unspecified atom stereocenters.